The maximum atomic E-state index is 13.5. The summed E-state index contributed by atoms with van der Waals surface area (Å²) in [5.41, 5.74) is -0.127. The van der Waals surface area contributed by atoms with E-state index in [9.17, 15) is 22.8 Å². The molecule has 0 spiro atoms. The van der Waals surface area contributed by atoms with Crippen LogP contribution < -0.4 is 25.4 Å². The SMILES string of the molecule is CC#CCn1c(=O)n(-c2ccc(OC)nc2)c2nc(OC(=O)C(F)(F)F)nc(N3CCNCC3)c21. The minimum Gasteiger partial charge on any atom is -0.481 e. The van der Waals surface area contributed by atoms with Gasteiger partial charge >= 0.3 is 23.8 Å². The number of anilines is 1. The fourth-order valence-electron chi connectivity index (χ4n) is 3.56. The van der Waals surface area contributed by atoms with Crippen molar-refractivity contribution >= 4 is 23.0 Å². The molecule has 1 N–H and O–H groups in total. The van der Waals surface area contributed by atoms with Crippen LogP contribution >= 0.6 is 0 Å². The molecule has 4 rings (SSSR count). The van der Waals surface area contributed by atoms with E-state index in [4.69, 9.17) is 4.74 Å². The van der Waals surface area contributed by atoms with E-state index >= 15 is 0 Å². The number of hydrogen-bond acceptors (Lipinski definition) is 9. The maximum Gasteiger partial charge on any atom is 0.491 e. The molecule has 3 aromatic rings. The molecule has 0 bridgehead atoms. The van der Waals surface area contributed by atoms with Gasteiger partial charge in [-0.3, -0.25) is 4.57 Å². The van der Waals surface area contributed by atoms with Crippen molar-refractivity contribution in [1.82, 2.24) is 29.4 Å². The van der Waals surface area contributed by atoms with Crippen LogP contribution in [0, 0.1) is 11.8 Å². The van der Waals surface area contributed by atoms with Crippen molar-refractivity contribution in [3.05, 3.63) is 28.8 Å². The summed E-state index contributed by atoms with van der Waals surface area (Å²) >= 11 is 0. The lowest BCUT2D eigenvalue weighted by Gasteiger charge is -2.29. The first-order chi connectivity index (χ1) is 16.7. The van der Waals surface area contributed by atoms with E-state index in [0.717, 1.165) is 4.57 Å². The maximum absolute atomic E-state index is 13.5. The highest BCUT2D eigenvalue weighted by molar-refractivity contribution is 5.87. The Hall–Kier alpha value is -4.12. The molecule has 0 aliphatic carbocycles. The highest BCUT2D eigenvalue weighted by Gasteiger charge is 2.42. The van der Waals surface area contributed by atoms with Crippen LogP contribution in [0.4, 0.5) is 19.0 Å². The molecule has 3 aromatic heterocycles. The second-order valence-electron chi connectivity index (χ2n) is 7.32. The molecule has 4 heterocycles. The summed E-state index contributed by atoms with van der Waals surface area (Å²) in [4.78, 5) is 39.0. The van der Waals surface area contributed by atoms with E-state index in [1.54, 1.807) is 11.8 Å². The standard InChI is InChI=1S/C21H20F3N7O4/c1-3-4-9-30-15-16(29-10-7-25-8-11-29)27-19(35-18(32)21(22,23)24)28-17(15)31(20(30)33)13-5-6-14(34-2)26-12-13/h5-6,12,25H,7-11H2,1-2H3. The third-order valence-corrected chi connectivity index (χ3v) is 5.16. The van der Waals surface area contributed by atoms with Crippen molar-refractivity contribution in [2.24, 2.45) is 0 Å². The molecular weight excluding hydrogens is 471 g/mol. The lowest BCUT2D eigenvalue weighted by Crippen LogP contribution is -2.44. The average molecular weight is 491 g/mol. The molecule has 0 radical (unpaired) electrons. The minimum absolute atomic E-state index is 0.0213. The van der Waals surface area contributed by atoms with E-state index in [1.807, 2.05) is 0 Å². The third-order valence-electron chi connectivity index (χ3n) is 5.16. The monoisotopic (exact) mass is 491 g/mol. The van der Waals surface area contributed by atoms with Gasteiger partial charge < -0.3 is 19.7 Å². The van der Waals surface area contributed by atoms with Gasteiger partial charge in [-0.1, -0.05) is 5.92 Å². The van der Waals surface area contributed by atoms with Gasteiger partial charge in [-0.15, -0.1) is 5.92 Å². The lowest BCUT2D eigenvalue weighted by atomic mass is 10.3. The number of fused-ring (bicyclic) bond motifs is 1. The van der Waals surface area contributed by atoms with Gasteiger partial charge in [0.05, 0.1) is 25.5 Å². The minimum atomic E-state index is -5.25. The molecule has 1 fully saturated rings. The van der Waals surface area contributed by atoms with Crippen molar-refractivity contribution < 1.29 is 27.4 Å². The molecule has 1 saturated heterocycles. The number of nitrogens with one attached hydrogen (secondary N) is 1. The molecule has 184 valence electrons. The Balaban J connectivity index is 2.01. The second kappa shape index (κ2) is 9.63. The predicted molar refractivity (Wildman–Crippen MR) is 118 cm³/mol. The predicted octanol–water partition coefficient (Wildman–Crippen LogP) is 0.886. The fraction of sp³-hybridized carbons (Fsp3) is 0.381. The zero-order valence-corrected chi connectivity index (χ0v) is 18.7. The molecule has 1 aliphatic heterocycles. The first-order valence-electron chi connectivity index (χ1n) is 10.4. The Morgan fingerprint density at radius 3 is 2.57 bits per heavy atom. The first-order valence-corrected chi connectivity index (χ1v) is 10.4. The molecule has 35 heavy (non-hydrogen) atoms. The number of hydrogen-bond donors (Lipinski definition) is 1. The number of imidazole rings is 1. The number of methoxy groups -OCH3 is 1. The van der Waals surface area contributed by atoms with Crippen LogP contribution in [-0.2, 0) is 11.3 Å². The van der Waals surface area contributed by atoms with Gasteiger partial charge in [0.15, 0.2) is 11.5 Å². The summed E-state index contributed by atoms with van der Waals surface area (Å²) in [6.07, 6.45) is -3.90. The zero-order valence-electron chi connectivity index (χ0n) is 18.7. The number of nitrogens with zero attached hydrogens (tertiary/aromatic N) is 6. The Labute approximate surface area is 196 Å². The number of alkyl halides is 3. The third kappa shape index (κ3) is 4.76. The van der Waals surface area contributed by atoms with Crippen LogP contribution in [0.1, 0.15) is 6.92 Å². The average Bonchev–Trinajstić information content (AvgIpc) is 3.13. The lowest BCUT2D eigenvalue weighted by molar-refractivity contribution is -0.190. The van der Waals surface area contributed by atoms with Crippen LogP contribution in [0.3, 0.4) is 0 Å². The van der Waals surface area contributed by atoms with E-state index in [0.29, 0.717) is 32.1 Å². The number of carbonyl (C=O) groups excluding carboxylic acids is 1. The zero-order chi connectivity index (χ0) is 25.2. The van der Waals surface area contributed by atoms with Crippen LogP contribution in [0.25, 0.3) is 16.9 Å². The van der Waals surface area contributed by atoms with Crippen molar-refractivity contribution in [1.29, 1.82) is 0 Å². The normalized spacial score (nSPS) is 13.9. The van der Waals surface area contributed by atoms with Crippen LogP contribution in [0.5, 0.6) is 11.9 Å². The summed E-state index contributed by atoms with van der Waals surface area (Å²) in [6.45, 7) is 3.63. The fourth-order valence-corrected chi connectivity index (χ4v) is 3.56. The molecule has 0 aromatic carbocycles. The Morgan fingerprint density at radius 1 is 1.23 bits per heavy atom. The van der Waals surface area contributed by atoms with E-state index in [2.05, 4.69) is 36.8 Å². The van der Waals surface area contributed by atoms with Crippen molar-refractivity contribution in [2.75, 3.05) is 38.2 Å². The summed E-state index contributed by atoms with van der Waals surface area (Å²) < 4.78 is 50.6. The van der Waals surface area contributed by atoms with E-state index < -0.39 is 23.8 Å². The topological polar surface area (TPSA) is 116 Å². The number of halogens is 3. The van der Waals surface area contributed by atoms with Crippen molar-refractivity contribution in [3.8, 4) is 29.4 Å². The molecule has 14 heteroatoms. The highest BCUT2D eigenvalue weighted by atomic mass is 19.4. The van der Waals surface area contributed by atoms with Crippen LogP contribution in [0.15, 0.2) is 23.1 Å². The van der Waals surface area contributed by atoms with E-state index in [-0.39, 0.29) is 29.2 Å². The second-order valence-corrected chi connectivity index (χ2v) is 7.32. The number of piperazine rings is 1. The molecule has 1 aliphatic rings. The van der Waals surface area contributed by atoms with Crippen molar-refractivity contribution in [3.63, 3.8) is 0 Å². The Bertz CT molecular complexity index is 1360. The molecule has 0 unspecified atom stereocenters. The Morgan fingerprint density at radius 2 is 1.97 bits per heavy atom. The molecule has 11 nitrogen and oxygen atoms in total. The number of pyridine rings is 1. The Kier molecular flexibility index (Phi) is 6.61. The number of carbonyl (C=O) groups is 1. The molecule has 0 atom stereocenters. The van der Waals surface area contributed by atoms with Gasteiger partial charge in [-0.2, -0.15) is 23.1 Å². The van der Waals surface area contributed by atoms with Gasteiger partial charge in [-0.25, -0.2) is 19.1 Å². The van der Waals surface area contributed by atoms with Gasteiger partial charge in [0, 0.05) is 32.2 Å². The summed E-state index contributed by atoms with van der Waals surface area (Å²) in [5.74, 6) is 3.51. The molecular formula is C21H20F3N7O4. The number of esters is 1. The number of ether oxygens (including phenoxy) is 2. The quantitative estimate of drug-likeness (QED) is 0.410. The smallest absolute Gasteiger partial charge is 0.481 e. The summed E-state index contributed by atoms with van der Waals surface area (Å²) in [5, 5.41) is 3.17. The van der Waals surface area contributed by atoms with Crippen molar-refractivity contribution in [2.45, 2.75) is 19.6 Å². The van der Waals surface area contributed by atoms with Crippen LogP contribution in [0.2, 0.25) is 0 Å². The van der Waals surface area contributed by atoms with Gasteiger partial charge in [0.1, 0.15) is 5.52 Å². The largest absolute Gasteiger partial charge is 0.491 e. The molecule has 0 saturated carbocycles. The van der Waals surface area contributed by atoms with Gasteiger partial charge in [-0.05, 0) is 13.0 Å². The van der Waals surface area contributed by atoms with Gasteiger partial charge in [0.25, 0.3) is 0 Å². The first kappa shape index (κ1) is 24.0. The van der Waals surface area contributed by atoms with E-state index in [1.165, 1.54) is 30.0 Å². The summed E-state index contributed by atoms with van der Waals surface area (Å²) in [6, 6.07) is 2.22. The highest BCUT2D eigenvalue weighted by Crippen LogP contribution is 2.29. The van der Waals surface area contributed by atoms with Crippen LogP contribution in [-0.4, -0.2) is 69.5 Å². The van der Waals surface area contributed by atoms with Gasteiger partial charge in [0.2, 0.25) is 5.88 Å². The summed E-state index contributed by atoms with van der Waals surface area (Å²) in [7, 11) is 1.43. The number of aromatic nitrogens is 5. The molecule has 0 amide bonds. The number of rotatable bonds is 5.